The monoisotopic (exact) mass is 382 g/mol. The van der Waals surface area contributed by atoms with Crippen molar-refractivity contribution in [2.45, 2.75) is 19.8 Å². The van der Waals surface area contributed by atoms with Crippen molar-refractivity contribution in [1.82, 2.24) is 0 Å². The molecule has 2 aromatic rings. The molecule has 1 aliphatic rings. The molecule has 2 amide bonds. The lowest BCUT2D eigenvalue weighted by atomic mass is 10.1. The number of aliphatic carboxylic acids is 1. The van der Waals surface area contributed by atoms with Gasteiger partial charge in [-0.25, -0.2) is 4.79 Å². The van der Waals surface area contributed by atoms with Crippen molar-refractivity contribution in [1.29, 1.82) is 0 Å². The van der Waals surface area contributed by atoms with E-state index in [9.17, 15) is 14.4 Å². The average Bonchev–Trinajstić information content (AvgIpc) is 3.08. The minimum Gasteiger partial charge on any atom is -0.482 e. The van der Waals surface area contributed by atoms with Crippen molar-refractivity contribution in [3.63, 3.8) is 0 Å². The van der Waals surface area contributed by atoms with Crippen molar-refractivity contribution in [2.24, 2.45) is 5.92 Å². The van der Waals surface area contributed by atoms with Crippen LogP contribution in [-0.2, 0) is 20.8 Å². The Morgan fingerprint density at radius 3 is 2.64 bits per heavy atom. The van der Waals surface area contributed by atoms with Gasteiger partial charge in [-0.2, -0.15) is 0 Å². The first-order chi connectivity index (χ1) is 13.5. The minimum absolute atomic E-state index is 0.0806. The molecule has 28 heavy (non-hydrogen) atoms. The number of nitrogens with one attached hydrogen (secondary N) is 1. The third kappa shape index (κ3) is 4.68. The first-order valence-corrected chi connectivity index (χ1v) is 9.11. The zero-order chi connectivity index (χ0) is 20.1. The summed E-state index contributed by atoms with van der Waals surface area (Å²) in [5.74, 6) is -1.52. The summed E-state index contributed by atoms with van der Waals surface area (Å²) in [6, 6.07) is 14.3. The van der Waals surface area contributed by atoms with Crippen molar-refractivity contribution in [2.75, 3.05) is 23.4 Å². The second-order valence-electron chi connectivity index (χ2n) is 6.62. The Morgan fingerprint density at radius 1 is 1.21 bits per heavy atom. The van der Waals surface area contributed by atoms with Crippen molar-refractivity contribution in [3.05, 3.63) is 54.1 Å². The molecule has 146 valence electrons. The number of hydrogen-bond acceptors (Lipinski definition) is 4. The average molecular weight is 382 g/mol. The lowest BCUT2D eigenvalue weighted by molar-refractivity contribution is -0.139. The number of carboxylic acid groups (broad SMARTS) is 1. The van der Waals surface area contributed by atoms with Crippen molar-refractivity contribution >= 4 is 29.2 Å². The van der Waals surface area contributed by atoms with Crippen molar-refractivity contribution in [3.8, 4) is 5.75 Å². The number of amides is 2. The van der Waals surface area contributed by atoms with E-state index in [0.29, 0.717) is 18.0 Å². The maximum Gasteiger partial charge on any atom is 0.341 e. The van der Waals surface area contributed by atoms with Gasteiger partial charge in [0.2, 0.25) is 11.8 Å². The fourth-order valence-corrected chi connectivity index (χ4v) is 3.10. The smallest absolute Gasteiger partial charge is 0.341 e. The van der Waals surface area contributed by atoms with E-state index in [1.807, 2.05) is 24.3 Å². The molecule has 1 heterocycles. The number of anilines is 2. The summed E-state index contributed by atoms with van der Waals surface area (Å²) in [6.45, 7) is 1.93. The Labute approximate surface area is 162 Å². The number of ether oxygens (including phenoxy) is 1. The summed E-state index contributed by atoms with van der Waals surface area (Å²) in [4.78, 5) is 37.2. The molecule has 0 bridgehead atoms. The number of aryl methyl sites for hydroxylation is 1. The minimum atomic E-state index is -1.08. The highest BCUT2D eigenvalue weighted by atomic mass is 16.5. The molecule has 0 aromatic heterocycles. The maximum atomic E-state index is 12.6. The third-order valence-electron chi connectivity index (χ3n) is 4.62. The summed E-state index contributed by atoms with van der Waals surface area (Å²) in [7, 11) is 0. The van der Waals surface area contributed by atoms with Crippen molar-refractivity contribution < 1.29 is 24.2 Å². The fraction of sp³-hybridized carbons (Fsp3) is 0.286. The van der Waals surface area contributed by atoms with E-state index in [1.54, 1.807) is 29.2 Å². The van der Waals surface area contributed by atoms with Gasteiger partial charge in [-0.05, 0) is 36.2 Å². The van der Waals surface area contributed by atoms with E-state index in [-0.39, 0.29) is 18.2 Å². The third-order valence-corrected chi connectivity index (χ3v) is 4.62. The van der Waals surface area contributed by atoms with Crippen LogP contribution in [0.15, 0.2) is 48.5 Å². The molecular weight excluding hydrogens is 360 g/mol. The largest absolute Gasteiger partial charge is 0.482 e. The first kappa shape index (κ1) is 19.4. The van der Waals surface area contributed by atoms with Gasteiger partial charge in [0.25, 0.3) is 0 Å². The number of carboxylic acids is 1. The summed E-state index contributed by atoms with van der Waals surface area (Å²) in [6.07, 6.45) is 1.07. The second kappa shape index (κ2) is 8.56. The van der Waals surface area contributed by atoms with E-state index < -0.39 is 18.5 Å². The fourth-order valence-electron chi connectivity index (χ4n) is 3.10. The van der Waals surface area contributed by atoms with Gasteiger partial charge in [0, 0.05) is 30.4 Å². The van der Waals surface area contributed by atoms with Gasteiger partial charge in [-0.3, -0.25) is 9.59 Å². The predicted molar refractivity (Wildman–Crippen MR) is 104 cm³/mol. The Balaban J connectivity index is 1.63. The lowest BCUT2D eigenvalue weighted by Gasteiger charge is -2.17. The zero-order valence-electron chi connectivity index (χ0n) is 15.6. The highest BCUT2D eigenvalue weighted by Gasteiger charge is 2.35. The molecule has 0 radical (unpaired) electrons. The van der Waals surface area contributed by atoms with Crippen LogP contribution >= 0.6 is 0 Å². The standard InChI is InChI=1S/C21H22N2O5/c1-2-14-6-8-17(9-7-14)23-12-15(10-19(23)24)21(27)22-16-4-3-5-18(11-16)28-13-20(25)26/h3-9,11,15H,2,10,12-13H2,1H3,(H,22,27)(H,25,26). The topological polar surface area (TPSA) is 95.9 Å². The van der Waals surface area contributed by atoms with E-state index in [0.717, 1.165) is 12.1 Å². The highest BCUT2D eigenvalue weighted by Crippen LogP contribution is 2.27. The molecule has 3 rings (SSSR count). The molecular formula is C21H22N2O5. The van der Waals surface area contributed by atoms with Gasteiger partial charge in [0.15, 0.2) is 6.61 Å². The second-order valence-corrected chi connectivity index (χ2v) is 6.62. The molecule has 1 fully saturated rings. The Hall–Kier alpha value is -3.35. The van der Waals surface area contributed by atoms with Crippen LogP contribution in [0.2, 0.25) is 0 Å². The lowest BCUT2D eigenvalue weighted by Crippen LogP contribution is -2.28. The molecule has 2 N–H and O–H groups in total. The van der Waals surface area contributed by atoms with Crippen LogP contribution in [0.1, 0.15) is 18.9 Å². The van der Waals surface area contributed by atoms with E-state index >= 15 is 0 Å². The molecule has 0 aliphatic carbocycles. The zero-order valence-corrected chi connectivity index (χ0v) is 15.6. The van der Waals surface area contributed by atoms with Crippen LogP contribution in [0.5, 0.6) is 5.75 Å². The van der Waals surface area contributed by atoms with E-state index in [2.05, 4.69) is 12.2 Å². The van der Waals surface area contributed by atoms with Gasteiger partial charge in [-0.1, -0.05) is 25.1 Å². The summed E-state index contributed by atoms with van der Waals surface area (Å²) >= 11 is 0. The first-order valence-electron chi connectivity index (χ1n) is 9.11. The van der Waals surface area contributed by atoms with Gasteiger partial charge >= 0.3 is 5.97 Å². The summed E-state index contributed by atoms with van der Waals surface area (Å²) in [5, 5.41) is 11.5. The predicted octanol–water partition coefficient (Wildman–Crippen LogP) is 2.70. The number of rotatable bonds is 7. The molecule has 0 saturated carbocycles. The van der Waals surface area contributed by atoms with E-state index in [4.69, 9.17) is 9.84 Å². The van der Waals surface area contributed by atoms with Gasteiger partial charge in [0.05, 0.1) is 5.92 Å². The van der Waals surface area contributed by atoms with Gasteiger partial charge in [0.1, 0.15) is 5.75 Å². The number of nitrogens with zero attached hydrogens (tertiary/aromatic N) is 1. The number of benzene rings is 2. The van der Waals surface area contributed by atoms with Crippen LogP contribution in [0.25, 0.3) is 0 Å². The Morgan fingerprint density at radius 2 is 1.96 bits per heavy atom. The molecule has 0 spiro atoms. The number of carbonyl (C=O) groups excluding carboxylic acids is 2. The van der Waals surface area contributed by atoms with Gasteiger partial charge in [-0.15, -0.1) is 0 Å². The van der Waals surface area contributed by atoms with Crippen LogP contribution in [-0.4, -0.2) is 36.0 Å². The van der Waals surface area contributed by atoms with Gasteiger partial charge < -0.3 is 20.1 Å². The summed E-state index contributed by atoms with van der Waals surface area (Å²) in [5.41, 5.74) is 2.47. The molecule has 1 unspecified atom stereocenters. The van der Waals surface area contributed by atoms with E-state index in [1.165, 1.54) is 5.56 Å². The van der Waals surface area contributed by atoms with Crippen LogP contribution in [0.3, 0.4) is 0 Å². The molecule has 1 atom stereocenters. The SMILES string of the molecule is CCc1ccc(N2CC(C(=O)Nc3cccc(OCC(=O)O)c3)CC2=O)cc1. The molecule has 1 saturated heterocycles. The molecule has 1 aliphatic heterocycles. The molecule has 2 aromatic carbocycles. The molecule has 7 heteroatoms. The van der Waals surface area contributed by atoms with Crippen LogP contribution < -0.4 is 15.0 Å². The maximum absolute atomic E-state index is 12.6. The van der Waals surface area contributed by atoms with Crippen LogP contribution in [0.4, 0.5) is 11.4 Å². The normalized spacial score (nSPS) is 16.1. The Kier molecular flexibility index (Phi) is 5.93. The number of carbonyl (C=O) groups is 3. The molecule has 7 nitrogen and oxygen atoms in total. The summed E-state index contributed by atoms with van der Waals surface area (Å²) < 4.78 is 5.11. The Bertz CT molecular complexity index is 879. The van der Waals surface area contributed by atoms with Crippen LogP contribution in [0, 0.1) is 5.92 Å². The number of hydrogen-bond donors (Lipinski definition) is 2. The highest BCUT2D eigenvalue weighted by molar-refractivity contribution is 6.03. The quantitative estimate of drug-likeness (QED) is 0.768.